The van der Waals surface area contributed by atoms with E-state index in [-0.39, 0.29) is 5.56 Å². The van der Waals surface area contributed by atoms with Crippen LogP contribution in [0.2, 0.25) is 0 Å². The Hall–Kier alpha value is -1.99. The molecule has 0 spiro atoms. The summed E-state index contributed by atoms with van der Waals surface area (Å²) in [6.07, 6.45) is -0.679. The monoisotopic (exact) mass is 223 g/mol. The van der Waals surface area contributed by atoms with Crippen molar-refractivity contribution in [1.82, 2.24) is 15.0 Å². The van der Waals surface area contributed by atoms with Crippen molar-refractivity contribution in [1.29, 1.82) is 0 Å². The summed E-state index contributed by atoms with van der Waals surface area (Å²) >= 11 is 0. The lowest BCUT2D eigenvalue weighted by molar-refractivity contribution is -0.153. The number of aliphatic hydroxyl groups is 2. The molecule has 2 atom stereocenters. The van der Waals surface area contributed by atoms with E-state index >= 15 is 0 Å². The van der Waals surface area contributed by atoms with Gasteiger partial charge in [0.15, 0.2) is 11.8 Å². The fourth-order valence-electron chi connectivity index (χ4n) is 1.32. The molecule has 2 unspecified atom stereocenters. The van der Waals surface area contributed by atoms with Gasteiger partial charge in [-0.05, 0) is 6.07 Å². The number of aromatic amines is 1. The first-order chi connectivity index (χ1) is 7.59. The fraction of sp³-hybridized carbons (Fsp3) is 0.222. The number of hydrogen-bond acceptors (Lipinski definition) is 5. The summed E-state index contributed by atoms with van der Waals surface area (Å²) in [7, 11) is 0. The van der Waals surface area contributed by atoms with Crippen LogP contribution in [0.5, 0.6) is 0 Å². The number of aliphatic hydroxyl groups excluding tert-OH is 2. The van der Waals surface area contributed by atoms with Crippen molar-refractivity contribution in [2.24, 2.45) is 0 Å². The van der Waals surface area contributed by atoms with Gasteiger partial charge in [0, 0.05) is 11.8 Å². The molecule has 2 aromatic rings. The van der Waals surface area contributed by atoms with E-state index in [2.05, 4.69) is 15.0 Å². The SMILES string of the molecule is O=C(O)C(O)C(O)c1cnc2nc[nH]c2c1. The molecule has 0 radical (unpaired) electrons. The quantitative estimate of drug-likeness (QED) is 0.553. The average Bonchev–Trinajstić information content (AvgIpc) is 2.73. The van der Waals surface area contributed by atoms with E-state index in [1.807, 2.05) is 0 Å². The van der Waals surface area contributed by atoms with Crippen LogP contribution in [0.25, 0.3) is 11.2 Å². The number of pyridine rings is 1. The second-order valence-electron chi connectivity index (χ2n) is 3.27. The number of fused-ring (bicyclic) bond motifs is 1. The Morgan fingerprint density at radius 3 is 2.81 bits per heavy atom. The van der Waals surface area contributed by atoms with Gasteiger partial charge in [-0.25, -0.2) is 14.8 Å². The number of H-pyrrole nitrogens is 1. The molecule has 4 N–H and O–H groups in total. The molecule has 84 valence electrons. The van der Waals surface area contributed by atoms with Crippen LogP contribution < -0.4 is 0 Å². The highest BCUT2D eigenvalue weighted by atomic mass is 16.4. The van der Waals surface area contributed by atoms with Crippen molar-refractivity contribution < 1.29 is 20.1 Å². The third-order valence-electron chi connectivity index (χ3n) is 2.19. The second-order valence-corrected chi connectivity index (χ2v) is 3.27. The molecule has 0 fully saturated rings. The molecule has 0 aromatic carbocycles. The summed E-state index contributed by atoms with van der Waals surface area (Å²) in [6.45, 7) is 0. The highest BCUT2D eigenvalue weighted by Crippen LogP contribution is 2.19. The average molecular weight is 223 g/mol. The Balaban J connectivity index is 2.35. The molecule has 2 heterocycles. The minimum atomic E-state index is -1.87. The summed E-state index contributed by atoms with van der Waals surface area (Å²) in [6, 6.07) is 1.49. The van der Waals surface area contributed by atoms with Gasteiger partial charge in [0.2, 0.25) is 0 Å². The second kappa shape index (κ2) is 3.87. The number of rotatable bonds is 3. The van der Waals surface area contributed by atoms with Crippen LogP contribution in [0, 0.1) is 0 Å². The number of nitrogens with one attached hydrogen (secondary N) is 1. The zero-order valence-corrected chi connectivity index (χ0v) is 8.03. The van der Waals surface area contributed by atoms with E-state index in [1.165, 1.54) is 18.6 Å². The van der Waals surface area contributed by atoms with Crippen LogP contribution in [-0.4, -0.2) is 42.3 Å². The molecule has 0 bridgehead atoms. The Labute approximate surface area is 89.4 Å². The first-order valence-electron chi connectivity index (χ1n) is 4.47. The van der Waals surface area contributed by atoms with E-state index in [0.717, 1.165) is 0 Å². The number of hydrogen-bond donors (Lipinski definition) is 4. The van der Waals surface area contributed by atoms with Crippen LogP contribution in [0.15, 0.2) is 18.6 Å². The van der Waals surface area contributed by atoms with Crippen molar-refractivity contribution in [3.63, 3.8) is 0 Å². The molecule has 16 heavy (non-hydrogen) atoms. The number of nitrogens with zero attached hydrogens (tertiary/aromatic N) is 2. The van der Waals surface area contributed by atoms with E-state index in [0.29, 0.717) is 11.2 Å². The summed E-state index contributed by atoms with van der Waals surface area (Å²) in [5, 5.41) is 27.3. The van der Waals surface area contributed by atoms with E-state index in [4.69, 9.17) is 10.2 Å². The molecule has 0 amide bonds. The zero-order chi connectivity index (χ0) is 11.7. The van der Waals surface area contributed by atoms with Crippen LogP contribution >= 0.6 is 0 Å². The van der Waals surface area contributed by atoms with Crippen molar-refractivity contribution in [2.75, 3.05) is 0 Å². The van der Waals surface area contributed by atoms with E-state index in [1.54, 1.807) is 0 Å². The molecule has 0 saturated carbocycles. The van der Waals surface area contributed by atoms with Gasteiger partial charge in [-0.15, -0.1) is 0 Å². The van der Waals surface area contributed by atoms with Gasteiger partial charge in [-0.1, -0.05) is 0 Å². The number of aromatic nitrogens is 3. The Morgan fingerprint density at radius 1 is 1.38 bits per heavy atom. The Bertz CT molecular complexity index is 524. The van der Waals surface area contributed by atoms with Crippen LogP contribution in [-0.2, 0) is 4.79 Å². The van der Waals surface area contributed by atoms with Crippen molar-refractivity contribution in [2.45, 2.75) is 12.2 Å². The first-order valence-corrected chi connectivity index (χ1v) is 4.47. The molecular weight excluding hydrogens is 214 g/mol. The summed E-state index contributed by atoms with van der Waals surface area (Å²) in [5.41, 5.74) is 1.24. The lowest BCUT2D eigenvalue weighted by Gasteiger charge is -2.13. The maximum Gasteiger partial charge on any atom is 0.335 e. The Morgan fingerprint density at radius 2 is 2.12 bits per heavy atom. The van der Waals surface area contributed by atoms with Gasteiger partial charge >= 0.3 is 5.97 Å². The standard InChI is InChI=1S/C9H9N3O4/c13-6(7(14)9(15)16)4-1-5-8(10-2-4)12-3-11-5/h1-3,6-7,13-14H,(H,15,16)(H,10,11,12). The largest absolute Gasteiger partial charge is 0.479 e. The maximum absolute atomic E-state index is 10.5. The number of carboxylic acid groups (broad SMARTS) is 1. The van der Waals surface area contributed by atoms with Crippen molar-refractivity contribution in [3.05, 3.63) is 24.2 Å². The molecule has 0 aliphatic carbocycles. The summed E-state index contributed by atoms with van der Waals surface area (Å²) in [5.74, 6) is -1.49. The maximum atomic E-state index is 10.5. The molecular formula is C9H9N3O4. The molecule has 7 heteroatoms. The topological polar surface area (TPSA) is 119 Å². The predicted octanol–water partition coefficient (Wildman–Crippen LogP) is -0.563. The molecule has 2 rings (SSSR count). The molecule has 2 aromatic heterocycles. The van der Waals surface area contributed by atoms with Crippen LogP contribution in [0.3, 0.4) is 0 Å². The first kappa shape index (κ1) is 10.5. The van der Waals surface area contributed by atoms with Gasteiger partial charge < -0.3 is 20.3 Å². The van der Waals surface area contributed by atoms with Gasteiger partial charge in [0.05, 0.1) is 11.8 Å². The minimum absolute atomic E-state index is 0.214. The third-order valence-corrected chi connectivity index (χ3v) is 2.19. The third kappa shape index (κ3) is 1.73. The normalized spacial score (nSPS) is 14.9. The number of aliphatic carboxylic acids is 1. The predicted molar refractivity (Wildman–Crippen MR) is 52.5 cm³/mol. The zero-order valence-electron chi connectivity index (χ0n) is 8.03. The number of carbonyl (C=O) groups is 1. The van der Waals surface area contributed by atoms with E-state index < -0.39 is 18.2 Å². The minimum Gasteiger partial charge on any atom is -0.479 e. The summed E-state index contributed by atoms with van der Waals surface area (Å²) < 4.78 is 0. The molecule has 0 saturated heterocycles. The van der Waals surface area contributed by atoms with Crippen molar-refractivity contribution in [3.8, 4) is 0 Å². The van der Waals surface area contributed by atoms with Crippen LogP contribution in [0.1, 0.15) is 11.7 Å². The van der Waals surface area contributed by atoms with Gasteiger partial charge in [-0.3, -0.25) is 0 Å². The fourth-order valence-corrected chi connectivity index (χ4v) is 1.32. The molecule has 7 nitrogen and oxygen atoms in total. The van der Waals surface area contributed by atoms with E-state index in [9.17, 15) is 9.90 Å². The number of carboxylic acids is 1. The highest BCUT2D eigenvalue weighted by Gasteiger charge is 2.25. The van der Waals surface area contributed by atoms with Gasteiger partial charge in [0.1, 0.15) is 6.10 Å². The Kier molecular flexibility index (Phi) is 2.55. The van der Waals surface area contributed by atoms with Gasteiger partial charge in [-0.2, -0.15) is 0 Å². The van der Waals surface area contributed by atoms with Gasteiger partial charge in [0.25, 0.3) is 0 Å². The highest BCUT2D eigenvalue weighted by molar-refractivity contribution is 5.74. The number of imidazole rings is 1. The van der Waals surface area contributed by atoms with Crippen LogP contribution in [0.4, 0.5) is 0 Å². The molecule has 0 aliphatic rings. The lowest BCUT2D eigenvalue weighted by Crippen LogP contribution is -2.27. The van der Waals surface area contributed by atoms with Crippen molar-refractivity contribution >= 4 is 17.1 Å². The summed E-state index contributed by atoms with van der Waals surface area (Å²) in [4.78, 5) is 21.0. The smallest absolute Gasteiger partial charge is 0.335 e. The molecule has 0 aliphatic heterocycles. The lowest BCUT2D eigenvalue weighted by atomic mass is 10.1.